The number of aromatic nitrogens is 3. The van der Waals surface area contributed by atoms with Crippen LogP contribution in [0.1, 0.15) is 30.4 Å². The van der Waals surface area contributed by atoms with E-state index in [1.807, 2.05) is 29.1 Å². The lowest BCUT2D eigenvalue weighted by molar-refractivity contribution is 0.346. The highest BCUT2D eigenvalue weighted by Crippen LogP contribution is 2.21. The van der Waals surface area contributed by atoms with Gasteiger partial charge in [0.1, 0.15) is 10.7 Å². The monoisotopic (exact) mass is 411 g/mol. The van der Waals surface area contributed by atoms with Crippen LogP contribution in [0.5, 0.6) is 0 Å². The fourth-order valence-electron chi connectivity index (χ4n) is 3.53. The highest BCUT2D eigenvalue weighted by Gasteiger charge is 2.26. The topological polar surface area (TPSA) is 80.1 Å². The number of sulfonamides is 1. The second-order valence-corrected chi connectivity index (χ2v) is 9.11. The van der Waals surface area contributed by atoms with Crippen molar-refractivity contribution in [3.63, 3.8) is 0 Å². The standard InChI is InChI=1S/C21H25N5O2S/c27-29(28,26-13-4-1-5-14-26)20-9-10-21(23-16-20)22-15-18-7-2-3-8-19(18)17-25-12-6-11-24-25/h2-3,6-12,16H,1,4-5,13-15,17H2,(H,22,23). The Morgan fingerprint density at radius 2 is 1.76 bits per heavy atom. The summed E-state index contributed by atoms with van der Waals surface area (Å²) in [7, 11) is -3.45. The normalized spacial score (nSPS) is 15.3. The van der Waals surface area contributed by atoms with Crippen LogP contribution in [0.15, 0.2) is 66.0 Å². The molecule has 1 N–H and O–H groups in total. The van der Waals surface area contributed by atoms with Crippen LogP contribution in [-0.2, 0) is 23.1 Å². The van der Waals surface area contributed by atoms with Crippen LogP contribution in [0.4, 0.5) is 5.82 Å². The fraction of sp³-hybridized carbons (Fsp3) is 0.333. The molecule has 1 aliphatic heterocycles. The minimum Gasteiger partial charge on any atom is -0.366 e. The Morgan fingerprint density at radius 1 is 0.966 bits per heavy atom. The molecule has 3 aromatic rings. The van der Waals surface area contributed by atoms with E-state index in [9.17, 15) is 8.42 Å². The Morgan fingerprint density at radius 3 is 2.45 bits per heavy atom. The molecule has 0 atom stereocenters. The molecule has 3 heterocycles. The summed E-state index contributed by atoms with van der Waals surface area (Å²) in [5, 5.41) is 7.56. The molecule has 0 aliphatic carbocycles. The van der Waals surface area contributed by atoms with Gasteiger partial charge in [0, 0.05) is 38.2 Å². The first-order valence-electron chi connectivity index (χ1n) is 9.87. The number of nitrogens with one attached hydrogen (secondary N) is 1. The molecule has 4 rings (SSSR count). The molecule has 0 spiro atoms. The zero-order chi connectivity index (χ0) is 20.1. The highest BCUT2D eigenvalue weighted by atomic mass is 32.2. The van der Waals surface area contributed by atoms with E-state index in [0.29, 0.717) is 32.0 Å². The summed E-state index contributed by atoms with van der Waals surface area (Å²) in [5.74, 6) is 0.650. The Hall–Kier alpha value is -2.71. The smallest absolute Gasteiger partial charge is 0.244 e. The summed E-state index contributed by atoms with van der Waals surface area (Å²) in [6.45, 7) is 2.48. The van der Waals surface area contributed by atoms with E-state index in [0.717, 1.165) is 24.8 Å². The molecule has 1 aliphatic rings. The zero-order valence-corrected chi connectivity index (χ0v) is 17.1. The first-order valence-corrected chi connectivity index (χ1v) is 11.3. The molecule has 1 fully saturated rings. The highest BCUT2D eigenvalue weighted by molar-refractivity contribution is 7.89. The molecule has 0 unspecified atom stereocenters. The van der Waals surface area contributed by atoms with Crippen LogP contribution in [0.3, 0.4) is 0 Å². The summed E-state index contributed by atoms with van der Waals surface area (Å²) in [5.41, 5.74) is 2.32. The maximum atomic E-state index is 12.7. The number of anilines is 1. The van der Waals surface area contributed by atoms with Gasteiger partial charge in [-0.25, -0.2) is 13.4 Å². The molecule has 2 aromatic heterocycles. The Labute approximate surface area is 171 Å². The summed E-state index contributed by atoms with van der Waals surface area (Å²) >= 11 is 0. The van der Waals surface area contributed by atoms with Crippen LogP contribution < -0.4 is 5.32 Å². The minimum absolute atomic E-state index is 0.254. The van der Waals surface area contributed by atoms with E-state index in [1.54, 1.807) is 22.6 Å². The van der Waals surface area contributed by atoms with Gasteiger partial charge < -0.3 is 5.32 Å². The predicted molar refractivity (Wildman–Crippen MR) is 112 cm³/mol. The molecule has 152 valence electrons. The molecular formula is C21H25N5O2S. The van der Waals surface area contributed by atoms with Crippen LogP contribution in [-0.4, -0.2) is 40.6 Å². The van der Waals surface area contributed by atoms with E-state index in [-0.39, 0.29) is 4.90 Å². The Balaban J connectivity index is 1.42. The average Bonchev–Trinajstić information content (AvgIpc) is 3.27. The maximum Gasteiger partial charge on any atom is 0.244 e. The molecule has 0 saturated carbocycles. The van der Waals surface area contributed by atoms with Crippen LogP contribution in [0.2, 0.25) is 0 Å². The van der Waals surface area contributed by atoms with Gasteiger partial charge in [0.25, 0.3) is 0 Å². The third-order valence-electron chi connectivity index (χ3n) is 5.16. The molecule has 29 heavy (non-hydrogen) atoms. The summed E-state index contributed by atoms with van der Waals surface area (Å²) in [6, 6.07) is 13.4. The number of benzene rings is 1. The average molecular weight is 412 g/mol. The van der Waals surface area contributed by atoms with Crippen LogP contribution in [0, 0.1) is 0 Å². The van der Waals surface area contributed by atoms with Crippen molar-refractivity contribution in [3.8, 4) is 0 Å². The van der Waals surface area contributed by atoms with Gasteiger partial charge in [-0.1, -0.05) is 30.7 Å². The van der Waals surface area contributed by atoms with Crippen molar-refractivity contribution in [1.82, 2.24) is 19.1 Å². The van der Waals surface area contributed by atoms with Crippen molar-refractivity contribution < 1.29 is 8.42 Å². The van der Waals surface area contributed by atoms with Crippen LogP contribution in [0.25, 0.3) is 0 Å². The number of pyridine rings is 1. The van der Waals surface area contributed by atoms with Gasteiger partial charge in [0.2, 0.25) is 10.0 Å². The zero-order valence-electron chi connectivity index (χ0n) is 16.2. The Kier molecular flexibility index (Phi) is 5.92. The van der Waals surface area contributed by atoms with Crippen LogP contribution >= 0.6 is 0 Å². The minimum atomic E-state index is -3.45. The molecule has 7 nitrogen and oxygen atoms in total. The van der Waals surface area contributed by atoms with Crippen molar-refractivity contribution in [3.05, 3.63) is 72.2 Å². The third-order valence-corrected chi connectivity index (χ3v) is 7.04. The summed E-state index contributed by atoms with van der Waals surface area (Å²) in [6.07, 6.45) is 8.09. The van der Waals surface area contributed by atoms with Gasteiger partial charge in [0.05, 0.1) is 6.54 Å². The molecule has 1 aromatic carbocycles. The third kappa shape index (κ3) is 4.65. The van der Waals surface area contributed by atoms with E-state index in [1.165, 1.54) is 11.8 Å². The van der Waals surface area contributed by atoms with Crippen molar-refractivity contribution in [1.29, 1.82) is 0 Å². The summed E-state index contributed by atoms with van der Waals surface area (Å²) in [4.78, 5) is 4.58. The first kappa shape index (κ1) is 19.6. The number of rotatable bonds is 7. The first-order chi connectivity index (χ1) is 14.1. The van der Waals surface area contributed by atoms with Gasteiger partial charge in [-0.3, -0.25) is 4.68 Å². The second kappa shape index (κ2) is 8.75. The lowest BCUT2D eigenvalue weighted by Gasteiger charge is -2.25. The van der Waals surface area contributed by atoms with Gasteiger partial charge in [-0.2, -0.15) is 9.40 Å². The molecule has 0 amide bonds. The number of piperidine rings is 1. The van der Waals surface area contributed by atoms with E-state index < -0.39 is 10.0 Å². The maximum absolute atomic E-state index is 12.7. The largest absolute Gasteiger partial charge is 0.366 e. The lowest BCUT2D eigenvalue weighted by Crippen LogP contribution is -2.35. The van der Waals surface area contributed by atoms with Gasteiger partial charge in [0.15, 0.2) is 0 Å². The quantitative estimate of drug-likeness (QED) is 0.646. The van der Waals surface area contributed by atoms with E-state index in [4.69, 9.17) is 0 Å². The van der Waals surface area contributed by atoms with E-state index in [2.05, 4.69) is 27.5 Å². The summed E-state index contributed by atoms with van der Waals surface area (Å²) < 4.78 is 28.9. The lowest BCUT2D eigenvalue weighted by atomic mass is 10.1. The predicted octanol–water partition coefficient (Wildman–Crippen LogP) is 3.11. The molecule has 0 radical (unpaired) electrons. The van der Waals surface area contributed by atoms with Crippen molar-refractivity contribution in [2.75, 3.05) is 18.4 Å². The van der Waals surface area contributed by atoms with E-state index >= 15 is 0 Å². The van der Waals surface area contributed by atoms with Crippen molar-refractivity contribution in [2.45, 2.75) is 37.2 Å². The number of hydrogen-bond donors (Lipinski definition) is 1. The second-order valence-electron chi connectivity index (χ2n) is 7.17. The number of nitrogens with zero attached hydrogens (tertiary/aromatic N) is 4. The van der Waals surface area contributed by atoms with Gasteiger partial charge in [-0.15, -0.1) is 0 Å². The Bertz CT molecular complexity index is 1030. The van der Waals surface area contributed by atoms with Crippen molar-refractivity contribution in [2.24, 2.45) is 0 Å². The van der Waals surface area contributed by atoms with Gasteiger partial charge >= 0.3 is 0 Å². The molecule has 1 saturated heterocycles. The molecular weight excluding hydrogens is 386 g/mol. The van der Waals surface area contributed by atoms with Gasteiger partial charge in [-0.05, 0) is 42.2 Å². The molecule has 0 bridgehead atoms. The number of hydrogen-bond acceptors (Lipinski definition) is 5. The van der Waals surface area contributed by atoms with Crippen molar-refractivity contribution >= 4 is 15.8 Å². The fourth-order valence-corrected chi connectivity index (χ4v) is 4.99. The molecule has 8 heteroatoms. The SMILES string of the molecule is O=S(=O)(c1ccc(NCc2ccccc2Cn2cccn2)nc1)N1CCCCC1.